The van der Waals surface area contributed by atoms with Gasteiger partial charge in [0.15, 0.2) is 0 Å². The zero-order valence-corrected chi connectivity index (χ0v) is 22.9. The van der Waals surface area contributed by atoms with Crippen LogP contribution in [0.15, 0.2) is 0 Å². The lowest BCUT2D eigenvalue weighted by molar-refractivity contribution is -0.112. The summed E-state index contributed by atoms with van der Waals surface area (Å²) in [5, 5.41) is 0. The molecule has 4 saturated carbocycles. The molecule has 10 atom stereocenters. The summed E-state index contributed by atoms with van der Waals surface area (Å²) in [6.45, 7) is 12.8. The van der Waals surface area contributed by atoms with Gasteiger partial charge in [0.2, 0.25) is 0 Å². The molecule has 0 nitrogen and oxygen atoms in total. The standard InChI is InChI=1S/C27H46Br2/c1-17(2)7-6-8-18(3)21-11-12-22-20-10-9-19-15-24(28)25(29)16-27(19,5)23(20)13-14-26(21,22)4/h17-25H,6-16H2,1-5H3/t18-,19+,20+,21-,22+,23+,24?,25?,26-,27+/m1/s1. The molecule has 4 rings (SSSR count). The maximum atomic E-state index is 4.05. The van der Waals surface area contributed by atoms with E-state index in [2.05, 4.69) is 66.5 Å². The lowest BCUT2D eigenvalue weighted by atomic mass is 9.44. The molecule has 0 N–H and O–H groups in total. The Balaban J connectivity index is 1.47. The monoisotopic (exact) mass is 528 g/mol. The second-order valence-corrected chi connectivity index (χ2v) is 15.0. The Morgan fingerprint density at radius 1 is 0.828 bits per heavy atom. The van der Waals surface area contributed by atoms with Gasteiger partial charge in [-0.3, -0.25) is 0 Å². The first kappa shape index (κ1) is 23.1. The molecule has 2 heteroatoms. The minimum absolute atomic E-state index is 0.587. The van der Waals surface area contributed by atoms with E-state index in [0.29, 0.717) is 20.5 Å². The van der Waals surface area contributed by atoms with Crippen molar-refractivity contribution in [2.75, 3.05) is 0 Å². The third-order valence-electron chi connectivity index (χ3n) is 10.8. The van der Waals surface area contributed by atoms with Crippen molar-refractivity contribution in [2.24, 2.45) is 52.3 Å². The lowest BCUT2D eigenvalue weighted by Crippen LogP contribution is -2.55. The van der Waals surface area contributed by atoms with Crippen molar-refractivity contribution >= 4 is 31.9 Å². The van der Waals surface area contributed by atoms with Crippen molar-refractivity contribution in [1.82, 2.24) is 0 Å². The summed E-state index contributed by atoms with van der Waals surface area (Å²) in [4.78, 5) is 1.36. The van der Waals surface area contributed by atoms with Gasteiger partial charge in [0.25, 0.3) is 0 Å². The highest BCUT2D eigenvalue weighted by molar-refractivity contribution is 9.12. The molecule has 168 valence electrons. The highest BCUT2D eigenvalue weighted by atomic mass is 79.9. The Morgan fingerprint density at radius 2 is 1.55 bits per heavy atom. The molecule has 29 heavy (non-hydrogen) atoms. The van der Waals surface area contributed by atoms with Crippen molar-refractivity contribution in [1.29, 1.82) is 0 Å². The second kappa shape index (κ2) is 8.72. The summed E-state index contributed by atoms with van der Waals surface area (Å²) in [7, 11) is 0. The van der Waals surface area contributed by atoms with E-state index >= 15 is 0 Å². The summed E-state index contributed by atoms with van der Waals surface area (Å²) in [6, 6.07) is 0. The van der Waals surface area contributed by atoms with Crippen LogP contribution in [0.4, 0.5) is 0 Å². The average molecular weight is 530 g/mol. The van der Waals surface area contributed by atoms with E-state index in [1.54, 1.807) is 0 Å². The van der Waals surface area contributed by atoms with Crippen LogP contribution in [0.5, 0.6) is 0 Å². The summed E-state index contributed by atoms with van der Waals surface area (Å²) in [5.41, 5.74) is 1.23. The van der Waals surface area contributed by atoms with Gasteiger partial charge in [0, 0.05) is 9.65 Å². The minimum atomic E-state index is 0.587. The smallest absolute Gasteiger partial charge is 0.0276 e. The van der Waals surface area contributed by atoms with Gasteiger partial charge in [0.1, 0.15) is 0 Å². The van der Waals surface area contributed by atoms with Crippen LogP contribution in [0.2, 0.25) is 0 Å². The normalized spacial score (nSPS) is 50.7. The van der Waals surface area contributed by atoms with Gasteiger partial charge in [0.05, 0.1) is 0 Å². The molecule has 0 radical (unpaired) electrons. The molecule has 4 aliphatic rings. The summed E-state index contributed by atoms with van der Waals surface area (Å²) in [5.74, 6) is 6.79. The first-order valence-corrected chi connectivity index (χ1v) is 14.8. The van der Waals surface area contributed by atoms with Crippen LogP contribution in [0.1, 0.15) is 105 Å². The van der Waals surface area contributed by atoms with Gasteiger partial charge in [-0.2, -0.15) is 0 Å². The molecule has 4 aliphatic carbocycles. The lowest BCUT2D eigenvalue weighted by Gasteiger charge is -2.62. The topological polar surface area (TPSA) is 0 Å². The number of hydrogen-bond donors (Lipinski definition) is 0. The SMILES string of the molecule is CC(C)CCC[C@@H](C)[C@H]1CC[C@H]2[C@@H]3CC[C@H]4CC(Br)C(Br)C[C@]4(C)[C@H]3CC[C@]12C. The van der Waals surface area contributed by atoms with Crippen molar-refractivity contribution in [3.05, 3.63) is 0 Å². The Kier molecular flexibility index (Phi) is 6.95. The zero-order valence-electron chi connectivity index (χ0n) is 19.7. The molecule has 0 heterocycles. The highest BCUT2D eigenvalue weighted by Gasteiger charge is 2.61. The predicted octanol–water partition coefficient (Wildman–Crippen LogP) is 9.24. The molecule has 0 spiro atoms. The van der Waals surface area contributed by atoms with Crippen molar-refractivity contribution < 1.29 is 0 Å². The van der Waals surface area contributed by atoms with Crippen LogP contribution >= 0.6 is 31.9 Å². The van der Waals surface area contributed by atoms with Crippen LogP contribution < -0.4 is 0 Å². The van der Waals surface area contributed by atoms with Gasteiger partial charge < -0.3 is 0 Å². The van der Waals surface area contributed by atoms with Crippen LogP contribution in [0.25, 0.3) is 0 Å². The Labute approximate surface area is 198 Å². The number of hydrogen-bond acceptors (Lipinski definition) is 0. The van der Waals surface area contributed by atoms with E-state index in [9.17, 15) is 0 Å². The fourth-order valence-electron chi connectivity index (χ4n) is 9.23. The Hall–Kier alpha value is 0.960. The summed E-state index contributed by atoms with van der Waals surface area (Å²) < 4.78 is 0. The van der Waals surface area contributed by atoms with E-state index in [0.717, 1.165) is 41.4 Å². The number of halogens is 2. The molecule has 0 aliphatic heterocycles. The molecular weight excluding hydrogens is 484 g/mol. The molecule has 0 aromatic rings. The average Bonchev–Trinajstić information content (AvgIpc) is 3.00. The summed E-state index contributed by atoms with van der Waals surface area (Å²) in [6.07, 6.45) is 16.3. The van der Waals surface area contributed by atoms with Crippen molar-refractivity contribution in [3.8, 4) is 0 Å². The maximum Gasteiger partial charge on any atom is 0.0276 e. The van der Waals surface area contributed by atoms with Crippen LogP contribution in [-0.4, -0.2) is 9.65 Å². The summed E-state index contributed by atoms with van der Waals surface area (Å²) >= 11 is 8.04. The van der Waals surface area contributed by atoms with Crippen LogP contribution in [0, 0.1) is 52.3 Å². The Morgan fingerprint density at radius 3 is 2.28 bits per heavy atom. The molecule has 0 bridgehead atoms. The van der Waals surface area contributed by atoms with Crippen LogP contribution in [-0.2, 0) is 0 Å². The molecule has 4 fully saturated rings. The minimum Gasteiger partial charge on any atom is -0.0878 e. The number of rotatable bonds is 5. The predicted molar refractivity (Wildman–Crippen MR) is 134 cm³/mol. The first-order valence-electron chi connectivity index (χ1n) is 12.9. The number of fused-ring (bicyclic) bond motifs is 5. The third-order valence-corrected chi connectivity index (χ3v) is 13.5. The van der Waals surface area contributed by atoms with Crippen molar-refractivity contribution in [2.45, 2.75) is 115 Å². The first-order chi connectivity index (χ1) is 13.7. The Bertz CT molecular complexity index is 573. The molecule has 2 unspecified atom stereocenters. The van der Waals surface area contributed by atoms with Gasteiger partial charge in [-0.25, -0.2) is 0 Å². The van der Waals surface area contributed by atoms with Gasteiger partial charge in [-0.15, -0.1) is 0 Å². The van der Waals surface area contributed by atoms with Gasteiger partial charge >= 0.3 is 0 Å². The second-order valence-electron chi connectivity index (χ2n) is 12.7. The maximum absolute atomic E-state index is 4.05. The largest absolute Gasteiger partial charge is 0.0878 e. The quantitative estimate of drug-likeness (QED) is 0.311. The van der Waals surface area contributed by atoms with Gasteiger partial charge in [-0.05, 0) is 104 Å². The third kappa shape index (κ3) is 4.06. The molecular formula is C27H46Br2. The zero-order chi connectivity index (χ0) is 21.0. The number of alkyl halides is 2. The van der Waals surface area contributed by atoms with E-state index in [1.807, 2.05) is 0 Å². The highest BCUT2D eigenvalue weighted by Crippen LogP contribution is 2.68. The fourth-order valence-corrected chi connectivity index (χ4v) is 10.8. The van der Waals surface area contributed by atoms with E-state index < -0.39 is 0 Å². The molecule has 0 amide bonds. The van der Waals surface area contributed by atoms with E-state index in [4.69, 9.17) is 0 Å². The molecule has 0 saturated heterocycles. The van der Waals surface area contributed by atoms with E-state index in [1.165, 1.54) is 70.6 Å². The molecule has 0 aromatic carbocycles. The van der Waals surface area contributed by atoms with E-state index in [-0.39, 0.29) is 0 Å². The fraction of sp³-hybridized carbons (Fsp3) is 1.00. The van der Waals surface area contributed by atoms with Gasteiger partial charge in [-0.1, -0.05) is 85.7 Å². The van der Waals surface area contributed by atoms with Crippen LogP contribution in [0.3, 0.4) is 0 Å². The molecule has 0 aromatic heterocycles. The van der Waals surface area contributed by atoms with Crippen molar-refractivity contribution in [3.63, 3.8) is 0 Å².